The number of ether oxygens (including phenoxy) is 2. The highest BCUT2D eigenvalue weighted by molar-refractivity contribution is 5.99. The number of carbonyl (C=O) groups excluding carboxylic acids is 4. The van der Waals surface area contributed by atoms with Crippen LogP contribution in [0.15, 0.2) is 115 Å². The van der Waals surface area contributed by atoms with Crippen LogP contribution in [0.4, 0.5) is 0 Å². The number of carbonyl (C=O) groups is 4. The number of hydrogen-bond donors (Lipinski definition) is 1. The molecule has 4 aliphatic rings. The van der Waals surface area contributed by atoms with E-state index in [4.69, 9.17) is 9.47 Å². The van der Waals surface area contributed by atoms with Gasteiger partial charge in [-0.2, -0.15) is 0 Å². The van der Waals surface area contributed by atoms with Crippen LogP contribution in [-0.2, 0) is 35.2 Å². The van der Waals surface area contributed by atoms with Gasteiger partial charge in [0.05, 0.1) is 30.7 Å². The zero-order valence-corrected chi connectivity index (χ0v) is 28.8. The molecule has 0 aliphatic carbocycles. The number of nitrogens with zero attached hydrogens (tertiary/aromatic N) is 3. The van der Waals surface area contributed by atoms with Crippen LogP contribution >= 0.6 is 0 Å². The highest BCUT2D eigenvalue weighted by atomic mass is 16.6. The molecule has 8 atom stereocenters. The van der Waals surface area contributed by atoms with Gasteiger partial charge < -0.3 is 29.3 Å². The van der Waals surface area contributed by atoms with Gasteiger partial charge in [0, 0.05) is 26.6 Å². The van der Waals surface area contributed by atoms with Crippen LogP contribution in [0.1, 0.15) is 48.6 Å². The number of amides is 3. The minimum absolute atomic E-state index is 0.0956. The Kier molecular flexibility index (Phi) is 9.63. The van der Waals surface area contributed by atoms with Crippen molar-refractivity contribution >= 4 is 23.7 Å². The van der Waals surface area contributed by atoms with Crippen molar-refractivity contribution in [2.24, 2.45) is 11.8 Å². The first kappa shape index (κ1) is 34.4. The third-order valence-corrected chi connectivity index (χ3v) is 10.9. The van der Waals surface area contributed by atoms with E-state index in [1.54, 1.807) is 35.1 Å². The molecule has 4 heterocycles. The molecule has 0 aromatic heterocycles. The van der Waals surface area contributed by atoms with E-state index < -0.39 is 66.3 Å². The number of esters is 1. The van der Waals surface area contributed by atoms with E-state index in [0.29, 0.717) is 24.1 Å². The topological polar surface area (TPSA) is 117 Å². The van der Waals surface area contributed by atoms with Gasteiger partial charge in [-0.3, -0.25) is 19.2 Å². The fraction of sp³-hybridized carbons (Fsp3) is 0.366. The Morgan fingerprint density at radius 3 is 2.24 bits per heavy atom. The van der Waals surface area contributed by atoms with Crippen LogP contribution in [0.5, 0.6) is 0 Å². The molecule has 0 saturated carbocycles. The molecular weight excluding hydrogens is 646 g/mol. The second-order valence-electron chi connectivity index (χ2n) is 13.8. The maximum atomic E-state index is 15.1. The summed E-state index contributed by atoms with van der Waals surface area (Å²) < 4.78 is 13.3. The molecule has 7 rings (SSSR count). The van der Waals surface area contributed by atoms with Gasteiger partial charge in [0.1, 0.15) is 23.7 Å². The minimum Gasteiger partial charge on any atom is -0.455 e. The fourth-order valence-electron chi connectivity index (χ4n) is 8.19. The second kappa shape index (κ2) is 14.3. The van der Waals surface area contributed by atoms with Crippen LogP contribution in [0.3, 0.4) is 0 Å². The van der Waals surface area contributed by atoms with E-state index in [0.717, 1.165) is 5.56 Å². The summed E-state index contributed by atoms with van der Waals surface area (Å²) in [6, 6.07) is 25.4. The van der Waals surface area contributed by atoms with Crippen molar-refractivity contribution in [3.05, 3.63) is 132 Å². The van der Waals surface area contributed by atoms with Crippen LogP contribution < -0.4 is 0 Å². The number of aliphatic hydroxyl groups excluding tert-OH is 1. The van der Waals surface area contributed by atoms with E-state index >= 15 is 4.79 Å². The number of hydrogen-bond acceptors (Lipinski definition) is 7. The van der Waals surface area contributed by atoms with Crippen molar-refractivity contribution in [3.8, 4) is 0 Å². The number of cyclic esters (lactones) is 1. The van der Waals surface area contributed by atoms with Gasteiger partial charge in [-0.25, -0.2) is 0 Å². The van der Waals surface area contributed by atoms with Gasteiger partial charge in [0.15, 0.2) is 0 Å². The van der Waals surface area contributed by atoms with Gasteiger partial charge in [-0.15, -0.1) is 0 Å². The molecule has 0 radical (unpaired) electrons. The number of fused-ring (bicyclic) bond motifs is 2. The quantitative estimate of drug-likeness (QED) is 0.302. The zero-order chi connectivity index (χ0) is 35.7. The molecule has 2 fully saturated rings. The van der Waals surface area contributed by atoms with E-state index in [-0.39, 0.29) is 24.8 Å². The summed E-state index contributed by atoms with van der Waals surface area (Å²) in [6.45, 7) is 1.95. The number of likely N-dealkylation sites (tertiary alicyclic amines) is 1. The lowest BCUT2D eigenvalue weighted by Gasteiger charge is -2.38. The second-order valence-corrected chi connectivity index (χ2v) is 13.8. The number of rotatable bonds is 6. The summed E-state index contributed by atoms with van der Waals surface area (Å²) in [6.07, 6.45) is 6.03. The summed E-state index contributed by atoms with van der Waals surface area (Å²) in [7, 11) is 1.70. The van der Waals surface area contributed by atoms with Crippen molar-refractivity contribution in [2.45, 2.75) is 62.2 Å². The van der Waals surface area contributed by atoms with Crippen molar-refractivity contribution < 1.29 is 33.8 Å². The predicted octanol–water partition coefficient (Wildman–Crippen LogP) is 4.38. The Labute approximate surface area is 297 Å². The Balaban J connectivity index is 1.35. The zero-order valence-electron chi connectivity index (χ0n) is 28.8. The maximum absolute atomic E-state index is 15.1. The molecule has 264 valence electrons. The average molecular weight is 690 g/mol. The molecule has 4 aliphatic heterocycles. The highest BCUT2D eigenvalue weighted by Crippen LogP contribution is 2.55. The molecular formula is C41H43N3O7. The first-order valence-electron chi connectivity index (χ1n) is 17.6. The third-order valence-electron chi connectivity index (χ3n) is 10.9. The van der Waals surface area contributed by atoms with Gasteiger partial charge in [-0.1, -0.05) is 115 Å². The first-order chi connectivity index (χ1) is 24.7. The molecule has 10 nitrogen and oxygen atoms in total. The van der Waals surface area contributed by atoms with E-state index in [2.05, 4.69) is 0 Å². The summed E-state index contributed by atoms with van der Waals surface area (Å²) in [5, 5.41) is 10.9. The standard InChI is InChI=1S/C41H43N3O7/c1-27-36(30-19-10-5-11-20-30)50-40(49)34-32(21-12-13-22-33(46)42(27)2)51-41-23-14-24-43(25-28-15-6-3-7-16-28)39(48)37(41)44(38(47)35(34)41)31(26-45)29-17-8-4-9-18-29/h3-12,14-21,23,27,31-32,34-37,45H,13,22,24-26H2,1-2H3/b21-12-/t27-,31-,32-,34+,35+,36+,37-,41+/m1/s1. The predicted molar refractivity (Wildman–Crippen MR) is 188 cm³/mol. The first-order valence-corrected chi connectivity index (χ1v) is 17.6. The van der Waals surface area contributed by atoms with Crippen LogP contribution in [0, 0.1) is 11.8 Å². The maximum Gasteiger partial charge on any atom is 0.313 e. The van der Waals surface area contributed by atoms with Gasteiger partial charge in [0.25, 0.3) is 0 Å². The number of benzene rings is 3. The molecule has 0 unspecified atom stereocenters. The third kappa shape index (κ3) is 6.16. The monoisotopic (exact) mass is 689 g/mol. The molecule has 1 N–H and O–H groups in total. The number of allylic oxidation sites excluding steroid dienone is 1. The van der Waals surface area contributed by atoms with E-state index in [9.17, 15) is 19.5 Å². The smallest absolute Gasteiger partial charge is 0.313 e. The Hall–Kier alpha value is -5.06. The Morgan fingerprint density at radius 2 is 1.55 bits per heavy atom. The lowest BCUT2D eigenvalue weighted by molar-refractivity contribution is -0.164. The van der Waals surface area contributed by atoms with Crippen LogP contribution in [0.2, 0.25) is 0 Å². The SMILES string of the molecule is C[C@@H]1[C@@H](c2ccccc2)OC(=O)[C@@H]2[C@H]3C(=O)N([C@H](CO)c4ccccc4)[C@@H]4C(=O)N(Cc5ccccc5)CC=C[C@]34O[C@@H]2/C=C\CCC(=O)N1C. The molecule has 10 heteroatoms. The van der Waals surface area contributed by atoms with Crippen molar-refractivity contribution in [1.82, 2.24) is 14.7 Å². The van der Waals surface area contributed by atoms with E-state index in [1.165, 1.54) is 4.90 Å². The van der Waals surface area contributed by atoms with Gasteiger partial charge >= 0.3 is 5.97 Å². The summed E-state index contributed by atoms with van der Waals surface area (Å²) in [4.78, 5) is 62.6. The Morgan fingerprint density at radius 1 is 0.882 bits per heavy atom. The summed E-state index contributed by atoms with van der Waals surface area (Å²) in [5.41, 5.74) is 0.743. The average Bonchev–Trinajstić information content (AvgIpc) is 3.55. The summed E-state index contributed by atoms with van der Waals surface area (Å²) in [5.74, 6) is -3.81. The number of aliphatic hydroxyl groups is 1. The van der Waals surface area contributed by atoms with Crippen molar-refractivity contribution in [1.29, 1.82) is 0 Å². The molecule has 3 amide bonds. The molecule has 0 bridgehead atoms. The summed E-state index contributed by atoms with van der Waals surface area (Å²) >= 11 is 0. The molecule has 2 saturated heterocycles. The molecule has 1 spiro atoms. The van der Waals surface area contributed by atoms with Crippen molar-refractivity contribution in [3.63, 3.8) is 0 Å². The molecule has 3 aromatic carbocycles. The van der Waals surface area contributed by atoms with Gasteiger partial charge in [0.2, 0.25) is 17.7 Å². The lowest BCUT2D eigenvalue weighted by Crippen LogP contribution is -2.56. The van der Waals surface area contributed by atoms with Gasteiger partial charge in [-0.05, 0) is 30.0 Å². The minimum atomic E-state index is -1.54. The largest absolute Gasteiger partial charge is 0.455 e. The normalized spacial score (nSPS) is 30.8. The highest BCUT2D eigenvalue weighted by Gasteiger charge is 2.72. The van der Waals surface area contributed by atoms with E-state index in [1.807, 2.05) is 104 Å². The Bertz CT molecular complexity index is 1820. The lowest BCUT2D eigenvalue weighted by atomic mass is 9.77. The van der Waals surface area contributed by atoms with Crippen LogP contribution in [-0.4, -0.2) is 87.5 Å². The molecule has 3 aromatic rings. The number of likely N-dealkylation sites (N-methyl/N-ethyl adjacent to an activating group) is 1. The molecule has 51 heavy (non-hydrogen) atoms. The fourth-order valence-corrected chi connectivity index (χ4v) is 8.19. The van der Waals surface area contributed by atoms with Crippen molar-refractivity contribution in [2.75, 3.05) is 20.2 Å². The van der Waals surface area contributed by atoms with Crippen LogP contribution in [0.25, 0.3) is 0 Å².